The second kappa shape index (κ2) is 17.9. The summed E-state index contributed by atoms with van der Waals surface area (Å²) in [6, 6.07) is 0. The number of nitrogens with zero attached hydrogens (tertiary/aromatic N) is 2. The average molecular weight is 312 g/mol. The third-order valence-corrected chi connectivity index (χ3v) is 0.916. The van der Waals surface area contributed by atoms with Crippen LogP contribution in [0.1, 0.15) is 0 Å². The summed E-state index contributed by atoms with van der Waals surface area (Å²) in [7, 11) is 14.0. The Balaban J connectivity index is -0.0000000917. The van der Waals surface area contributed by atoms with Crippen molar-refractivity contribution in [1.82, 2.24) is 4.90 Å². The molecule has 0 aliphatic heterocycles. The van der Waals surface area contributed by atoms with Gasteiger partial charge in [0.05, 0.1) is 49.3 Å². The number of quaternary nitrogens is 1. The molecule has 0 aromatic heterocycles. The summed E-state index contributed by atoms with van der Waals surface area (Å²) < 4.78 is 1.86. The summed E-state index contributed by atoms with van der Waals surface area (Å²) in [6.45, 7) is 6.81. The van der Waals surface area contributed by atoms with Crippen molar-refractivity contribution in [3.63, 3.8) is 0 Å². The molecule has 0 amide bonds. The number of hydrogen-bond donors (Lipinski definition) is 5. The lowest BCUT2D eigenvalue weighted by Gasteiger charge is -2.04. The first-order chi connectivity index (χ1) is 8.75. The first-order valence-electron chi connectivity index (χ1n) is 6.35. The van der Waals surface area contributed by atoms with Crippen LogP contribution in [-0.2, 0) is 0 Å². The maximum absolute atomic E-state index is 6.06. The van der Waals surface area contributed by atoms with Crippen molar-refractivity contribution < 1.29 is 9.48 Å². The van der Waals surface area contributed by atoms with Gasteiger partial charge in [-0.3, -0.25) is 20.6 Å². The minimum absolute atomic E-state index is 0.120. The number of rotatable bonds is 0. The maximum atomic E-state index is 6.06. The Hall–Kier alpha value is -1.07. The van der Waals surface area contributed by atoms with Crippen LogP contribution < -0.4 is 22.1 Å². The molecule has 0 atom stereocenters. The van der Waals surface area contributed by atoms with E-state index in [1.54, 1.807) is 0 Å². The van der Waals surface area contributed by atoms with E-state index < -0.39 is 0 Å². The van der Waals surface area contributed by atoms with Crippen molar-refractivity contribution in [2.45, 2.75) is 0 Å². The van der Waals surface area contributed by atoms with Gasteiger partial charge in [0, 0.05) is 20.0 Å². The van der Waals surface area contributed by atoms with E-state index in [0.717, 1.165) is 5.96 Å². The third kappa shape index (κ3) is 89.5. The minimum atomic E-state index is -0.333. The van der Waals surface area contributed by atoms with Crippen LogP contribution in [0.5, 0.6) is 0 Å². The molecule has 0 fully saturated rings. The zero-order chi connectivity index (χ0) is 17.5. The molecular formula is C12H39N7P+3. The molecule has 0 saturated heterocycles. The second-order valence-electron chi connectivity index (χ2n) is 5.60. The van der Waals surface area contributed by atoms with Gasteiger partial charge in [0.25, 0.3) is 0 Å². The van der Waals surface area contributed by atoms with E-state index in [4.69, 9.17) is 11.1 Å². The second-order valence-corrected chi connectivity index (χ2v) is 8.60. The van der Waals surface area contributed by atoms with Crippen LogP contribution in [0.3, 0.4) is 0 Å². The predicted molar refractivity (Wildman–Crippen MR) is 95.9 cm³/mol. The molecule has 8 N–H and O–H groups in total. The number of hydrogen-bond acceptors (Lipinski definition) is 1. The standard InChI is InChI=1S/C5H13N3.C3H9N.C3H9P.CH5N3/c1-7(2)5(6)8(3)4;2*1-4(2)3;2-1(3)4/h6H,1-4H3;2*1-3H3;(H5,2,3,4)/p+3. The molecule has 0 rings (SSSR count). The van der Waals surface area contributed by atoms with E-state index in [9.17, 15) is 0 Å². The molecule has 0 aliphatic rings. The Morgan fingerprint density at radius 2 is 1.15 bits per heavy atom. The Kier molecular flexibility index (Phi) is 24.5. The molecule has 0 bridgehead atoms. The van der Waals surface area contributed by atoms with Crippen LogP contribution >= 0.6 is 7.92 Å². The molecule has 0 unspecified atom stereocenters. The summed E-state index contributed by atoms with van der Waals surface area (Å²) in [4.78, 5) is 3.28. The lowest BCUT2D eigenvalue weighted by atomic mass is 10.8. The zero-order valence-electron chi connectivity index (χ0n) is 15.1. The molecule has 124 valence electrons. The van der Waals surface area contributed by atoms with E-state index in [1.165, 1.54) is 4.90 Å². The highest BCUT2D eigenvalue weighted by atomic mass is 31.1. The highest BCUT2D eigenvalue weighted by Gasteiger charge is 2.00. The largest absolute Gasteiger partial charge is 0.370 e. The Morgan fingerprint density at radius 3 is 1.15 bits per heavy atom. The Labute approximate surface area is 127 Å². The fourth-order valence-electron chi connectivity index (χ4n) is 0.400. The molecule has 8 heteroatoms. The molecule has 20 heavy (non-hydrogen) atoms. The molecule has 0 radical (unpaired) electrons. The number of nitrogens with one attached hydrogen (secondary N) is 2. The third-order valence-electron chi connectivity index (χ3n) is 0.916. The molecule has 7 nitrogen and oxygen atoms in total. The fraction of sp³-hybridized carbons (Fsp3) is 0.833. The highest BCUT2D eigenvalue weighted by molar-refractivity contribution is 7.55. The normalized spacial score (nSPS) is 8.20. The van der Waals surface area contributed by atoms with Crippen molar-refractivity contribution in [2.75, 3.05) is 69.3 Å². The molecule has 0 aliphatic carbocycles. The summed E-state index contributed by atoms with van der Waals surface area (Å²) >= 11 is 0. The quantitative estimate of drug-likeness (QED) is 0.152. The van der Waals surface area contributed by atoms with Gasteiger partial charge in [-0.2, -0.15) is 0 Å². The number of nitrogens with two attached hydrogens (primary N) is 3. The molecule has 0 aromatic rings. The number of guanidine groups is 2. The maximum Gasteiger partial charge on any atom is 0.344 e. The van der Waals surface area contributed by atoms with Gasteiger partial charge < -0.3 is 16.4 Å². The van der Waals surface area contributed by atoms with Gasteiger partial charge in [-0.15, -0.1) is 0 Å². The van der Waals surface area contributed by atoms with Crippen LogP contribution in [0.25, 0.3) is 0 Å². The van der Waals surface area contributed by atoms with Crippen molar-refractivity contribution >= 4 is 19.8 Å². The molecule has 0 heterocycles. The van der Waals surface area contributed by atoms with Gasteiger partial charge in [0.15, 0.2) is 5.96 Å². The highest BCUT2D eigenvalue weighted by Crippen LogP contribution is 2.14. The van der Waals surface area contributed by atoms with Crippen LogP contribution in [0.15, 0.2) is 0 Å². The van der Waals surface area contributed by atoms with E-state index in [-0.39, 0.29) is 13.9 Å². The van der Waals surface area contributed by atoms with Crippen LogP contribution in [0, 0.1) is 5.41 Å². The molecule has 0 aromatic carbocycles. The van der Waals surface area contributed by atoms with Crippen molar-refractivity contribution in [3.8, 4) is 0 Å². The van der Waals surface area contributed by atoms with Crippen LogP contribution in [-0.4, -0.2) is 90.7 Å². The fourth-order valence-corrected chi connectivity index (χ4v) is 0.400. The van der Waals surface area contributed by atoms with Crippen molar-refractivity contribution in [2.24, 2.45) is 17.2 Å². The Morgan fingerprint density at radius 1 is 1.00 bits per heavy atom. The smallest absolute Gasteiger partial charge is 0.344 e. The van der Waals surface area contributed by atoms with Gasteiger partial charge in [-0.25, -0.2) is 0 Å². The van der Waals surface area contributed by atoms with Crippen molar-refractivity contribution in [1.29, 1.82) is 5.41 Å². The first-order valence-corrected chi connectivity index (χ1v) is 9.35. The van der Waals surface area contributed by atoms with E-state index in [1.807, 2.05) is 37.7 Å². The molecule has 0 spiro atoms. The lowest BCUT2D eigenvalue weighted by Crippen LogP contribution is -3.02. The van der Waals surface area contributed by atoms with Gasteiger partial charge in [0.2, 0.25) is 0 Å². The van der Waals surface area contributed by atoms with E-state index in [0.29, 0.717) is 0 Å². The minimum Gasteiger partial charge on any atom is -0.370 e. The van der Waals surface area contributed by atoms with Crippen molar-refractivity contribution in [3.05, 3.63) is 0 Å². The van der Waals surface area contributed by atoms with E-state index in [2.05, 4.69) is 52.6 Å². The topological polar surface area (TPSA) is 113 Å². The van der Waals surface area contributed by atoms with Crippen LogP contribution in [0.4, 0.5) is 0 Å². The molecular weight excluding hydrogens is 273 g/mol. The van der Waals surface area contributed by atoms with Crippen LogP contribution in [0.2, 0.25) is 0 Å². The SMILES string of the molecule is CN(C)C(N)=[N+](C)C.C[NH+](C)C.C[PH+](C)C.N=C(N)N. The van der Waals surface area contributed by atoms with E-state index >= 15 is 0 Å². The van der Waals surface area contributed by atoms with Gasteiger partial charge in [-0.05, 0) is 7.92 Å². The first kappa shape index (κ1) is 27.3. The average Bonchev–Trinajstić information content (AvgIpc) is 2.13. The summed E-state index contributed by atoms with van der Waals surface area (Å²) in [5, 5.41) is 6.06. The van der Waals surface area contributed by atoms with Gasteiger partial charge >= 0.3 is 5.96 Å². The molecule has 0 saturated carbocycles. The van der Waals surface area contributed by atoms with Gasteiger partial charge in [-0.1, -0.05) is 0 Å². The Bertz CT molecular complexity index is 231. The lowest BCUT2D eigenvalue weighted by molar-refractivity contribution is -0.836. The summed E-state index contributed by atoms with van der Waals surface area (Å²) in [5.41, 5.74) is 14.5. The van der Waals surface area contributed by atoms with Gasteiger partial charge in [0.1, 0.15) is 0 Å². The summed E-state index contributed by atoms with van der Waals surface area (Å²) in [5.74, 6) is 0.435. The summed E-state index contributed by atoms with van der Waals surface area (Å²) in [6.07, 6.45) is 0. The predicted octanol–water partition coefficient (Wildman–Crippen LogP) is -2.18. The monoisotopic (exact) mass is 312 g/mol. The zero-order valence-corrected chi connectivity index (χ0v) is 16.1.